The smallest absolute Gasteiger partial charge is 0.217 e. The van der Waals surface area contributed by atoms with Crippen molar-refractivity contribution in [2.24, 2.45) is 0 Å². The van der Waals surface area contributed by atoms with Crippen molar-refractivity contribution in [3.8, 4) is 0 Å². The van der Waals surface area contributed by atoms with Crippen LogP contribution in [0.5, 0.6) is 0 Å². The van der Waals surface area contributed by atoms with Gasteiger partial charge in [0.15, 0.2) is 12.1 Å². The number of carbonyl (C=O) groups is 1. The second kappa shape index (κ2) is 4.75. The number of ether oxygens (including phenoxy) is 3. The van der Waals surface area contributed by atoms with E-state index in [0.29, 0.717) is 0 Å². The Hall–Kier alpha value is -0.730. The molecule has 0 aromatic rings. The van der Waals surface area contributed by atoms with E-state index < -0.39 is 36.4 Å². The summed E-state index contributed by atoms with van der Waals surface area (Å²) in [5.74, 6) is -1.18. The molecule has 0 aliphatic carbocycles. The molecule has 0 saturated carbocycles. The summed E-state index contributed by atoms with van der Waals surface area (Å²) >= 11 is 0. The van der Waals surface area contributed by atoms with Gasteiger partial charge in [-0.25, -0.2) is 0 Å². The summed E-state index contributed by atoms with van der Waals surface area (Å²) in [6.45, 7) is 4.99. The summed E-state index contributed by atoms with van der Waals surface area (Å²) in [4.78, 5) is 11.0. The number of aliphatic hydroxyl groups excluding tert-OH is 2. The van der Waals surface area contributed by atoms with E-state index in [1.54, 1.807) is 13.8 Å². The number of hydrogen-bond donors (Lipinski definition) is 3. The maximum Gasteiger partial charge on any atom is 0.217 e. The van der Waals surface area contributed by atoms with E-state index in [4.69, 9.17) is 14.2 Å². The highest BCUT2D eigenvalue weighted by Gasteiger charge is 2.50. The second-order valence-corrected chi connectivity index (χ2v) is 5.08. The second-order valence-electron chi connectivity index (χ2n) is 5.08. The van der Waals surface area contributed by atoms with Crippen molar-refractivity contribution in [3.05, 3.63) is 0 Å². The van der Waals surface area contributed by atoms with E-state index in [0.717, 1.165) is 0 Å². The lowest BCUT2D eigenvalue weighted by molar-refractivity contribution is -0.364. The fraction of sp³-hybridized carbons (Fsp3) is 0.909. The minimum Gasteiger partial charge on any atom is -0.388 e. The molecule has 2 rings (SSSR count). The van der Waals surface area contributed by atoms with E-state index in [-0.39, 0.29) is 12.5 Å². The maximum atomic E-state index is 11.0. The van der Waals surface area contributed by atoms with Gasteiger partial charge in [0.1, 0.15) is 24.4 Å². The summed E-state index contributed by atoms with van der Waals surface area (Å²) in [6.07, 6.45) is -3.52. The first-order valence-electron chi connectivity index (χ1n) is 5.90. The average Bonchev–Trinajstić information content (AvgIpc) is 2.25. The number of aliphatic hydroxyl groups is 2. The topological polar surface area (TPSA) is 97.3 Å². The molecule has 2 heterocycles. The lowest BCUT2D eigenvalue weighted by Gasteiger charge is -2.48. The Balaban J connectivity index is 2.12. The Morgan fingerprint density at radius 1 is 1.39 bits per heavy atom. The van der Waals surface area contributed by atoms with Crippen molar-refractivity contribution < 1.29 is 29.2 Å². The monoisotopic (exact) mass is 261 g/mol. The van der Waals surface area contributed by atoms with Crippen molar-refractivity contribution >= 4 is 5.91 Å². The van der Waals surface area contributed by atoms with E-state index in [2.05, 4.69) is 5.32 Å². The van der Waals surface area contributed by atoms with Crippen LogP contribution >= 0.6 is 0 Å². The summed E-state index contributed by atoms with van der Waals surface area (Å²) in [6, 6.07) is -0.905. The molecule has 0 spiro atoms. The van der Waals surface area contributed by atoms with Crippen LogP contribution in [-0.2, 0) is 19.0 Å². The lowest BCUT2D eigenvalue weighted by Crippen LogP contribution is -2.67. The minimum atomic E-state index is -1.28. The number of nitrogens with one attached hydrogen (secondary N) is 1. The molecule has 104 valence electrons. The van der Waals surface area contributed by atoms with Gasteiger partial charge in [-0.1, -0.05) is 0 Å². The van der Waals surface area contributed by atoms with Crippen LogP contribution in [0.2, 0.25) is 0 Å². The van der Waals surface area contributed by atoms with Gasteiger partial charge in [0, 0.05) is 6.92 Å². The molecule has 7 heteroatoms. The van der Waals surface area contributed by atoms with Gasteiger partial charge in [-0.3, -0.25) is 4.79 Å². The van der Waals surface area contributed by atoms with Gasteiger partial charge in [-0.2, -0.15) is 0 Å². The maximum absolute atomic E-state index is 11.0. The van der Waals surface area contributed by atoms with Crippen molar-refractivity contribution in [2.75, 3.05) is 6.61 Å². The van der Waals surface area contributed by atoms with Crippen molar-refractivity contribution in [1.29, 1.82) is 0 Å². The Kier molecular flexibility index (Phi) is 3.61. The zero-order valence-electron chi connectivity index (χ0n) is 10.6. The molecule has 5 atom stereocenters. The fourth-order valence-corrected chi connectivity index (χ4v) is 2.25. The highest BCUT2D eigenvalue weighted by molar-refractivity contribution is 5.73. The zero-order chi connectivity index (χ0) is 13.5. The van der Waals surface area contributed by atoms with Gasteiger partial charge in [0.25, 0.3) is 0 Å². The molecular weight excluding hydrogens is 242 g/mol. The molecule has 2 saturated heterocycles. The van der Waals surface area contributed by atoms with Gasteiger partial charge < -0.3 is 29.7 Å². The van der Waals surface area contributed by atoms with Crippen LogP contribution in [0.1, 0.15) is 20.8 Å². The highest BCUT2D eigenvalue weighted by Crippen LogP contribution is 2.31. The number of carbonyl (C=O) groups excluding carboxylic acids is 1. The summed E-state index contributed by atoms with van der Waals surface area (Å²) in [5, 5.41) is 22.4. The molecule has 0 aromatic carbocycles. The predicted octanol–water partition coefficient (Wildman–Crippen LogP) is -1.28. The summed E-state index contributed by atoms with van der Waals surface area (Å²) in [5.41, 5.74) is 0. The predicted molar refractivity (Wildman–Crippen MR) is 59.4 cm³/mol. The van der Waals surface area contributed by atoms with Crippen LogP contribution in [0, 0.1) is 0 Å². The zero-order valence-corrected chi connectivity index (χ0v) is 10.6. The van der Waals surface area contributed by atoms with Crippen LogP contribution < -0.4 is 5.32 Å². The number of amides is 1. The third-order valence-corrected chi connectivity index (χ3v) is 3.08. The first-order valence-corrected chi connectivity index (χ1v) is 5.90. The Morgan fingerprint density at radius 2 is 2.06 bits per heavy atom. The summed E-state index contributed by atoms with van der Waals surface area (Å²) < 4.78 is 16.3. The SMILES string of the molecule is CC(=O)N[C@@H]1[C@@H](O)[C@H]2OC(C)(C)OC[C@H]2O[C@@H]1O. The number of fused-ring (bicyclic) bond motifs is 1. The Labute approximate surface area is 105 Å². The van der Waals surface area contributed by atoms with Crippen LogP contribution in [-0.4, -0.2) is 59.2 Å². The largest absolute Gasteiger partial charge is 0.388 e. The molecular formula is C11H19NO6. The quantitative estimate of drug-likeness (QED) is 0.544. The van der Waals surface area contributed by atoms with E-state index in [1.165, 1.54) is 6.92 Å². The Morgan fingerprint density at radius 3 is 2.67 bits per heavy atom. The van der Waals surface area contributed by atoms with E-state index in [9.17, 15) is 15.0 Å². The molecule has 0 bridgehead atoms. The van der Waals surface area contributed by atoms with Gasteiger partial charge in [0.05, 0.1) is 6.61 Å². The molecule has 2 aliphatic rings. The van der Waals surface area contributed by atoms with Gasteiger partial charge in [-0.05, 0) is 13.8 Å². The van der Waals surface area contributed by atoms with E-state index >= 15 is 0 Å². The molecule has 2 aliphatic heterocycles. The molecule has 1 amide bonds. The lowest BCUT2D eigenvalue weighted by atomic mass is 9.95. The number of rotatable bonds is 1. The third-order valence-electron chi connectivity index (χ3n) is 3.08. The number of hydrogen-bond acceptors (Lipinski definition) is 6. The standard InChI is InChI=1S/C11H19NO6/c1-5(13)12-7-8(14)9-6(17-10(7)15)4-16-11(2,3)18-9/h6-10,14-15H,4H2,1-3H3,(H,12,13)/t6-,7-,8-,9+,10+/m1/s1. The Bertz CT molecular complexity index is 333. The van der Waals surface area contributed by atoms with Crippen LogP contribution in [0.4, 0.5) is 0 Å². The molecule has 18 heavy (non-hydrogen) atoms. The van der Waals surface area contributed by atoms with Crippen molar-refractivity contribution in [3.63, 3.8) is 0 Å². The molecule has 7 nitrogen and oxygen atoms in total. The first kappa shape index (κ1) is 13.7. The molecule has 3 N–H and O–H groups in total. The third kappa shape index (κ3) is 2.65. The first-order chi connectivity index (χ1) is 8.30. The van der Waals surface area contributed by atoms with Crippen LogP contribution in [0.25, 0.3) is 0 Å². The van der Waals surface area contributed by atoms with Gasteiger partial charge in [0.2, 0.25) is 5.91 Å². The average molecular weight is 261 g/mol. The normalized spacial score (nSPS) is 43.1. The summed E-state index contributed by atoms with van der Waals surface area (Å²) in [7, 11) is 0. The molecule has 2 fully saturated rings. The highest BCUT2D eigenvalue weighted by atomic mass is 16.7. The molecule has 0 unspecified atom stereocenters. The fourth-order valence-electron chi connectivity index (χ4n) is 2.25. The van der Waals surface area contributed by atoms with Crippen molar-refractivity contribution in [2.45, 2.75) is 57.2 Å². The van der Waals surface area contributed by atoms with Crippen molar-refractivity contribution in [1.82, 2.24) is 5.32 Å². The van der Waals surface area contributed by atoms with Crippen LogP contribution in [0.3, 0.4) is 0 Å². The molecule has 0 radical (unpaired) electrons. The van der Waals surface area contributed by atoms with E-state index in [1.807, 2.05) is 0 Å². The van der Waals surface area contributed by atoms with Gasteiger partial charge in [-0.15, -0.1) is 0 Å². The molecule has 0 aromatic heterocycles. The van der Waals surface area contributed by atoms with Gasteiger partial charge >= 0.3 is 0 Å². The van der Waals surface area contributed by atoms with Crippen LogP contribution in [0.15, 0.2) is 0 Å². The minimum absolute atomic E-state index is 0.221.